The van der Waals surface area contributed by atoms with Crippen molar-refractivity contribution in [3.63, 3.8) is 0 Å². The third-order valence-corrected chi connectivity index (χ3v) is 8.83. The third kappa shape index (κ3) is 1.99. The zero-order chi connectivity index (χ0) is 15.5. The van der Waals surface area contributed by atoms with Crippen molar-refractivity contribution in [2.45, 2.75) is 89.8 Å². The largest absolute Gasteiger partial charge is 0.393 e. The first-order valence-electron chi connectivity index (χ1n) is 9.89. The highest BCUT2D eigenvalue weighted by molar-refractivity contribution is 5.11. The number of rotatable bonds is 1. The van der Waals surface area contributed by atoms with E-state index in [1.54, 1.807) is 0 Å². The molecular weight excluding hydrogens is 272 g/mol. The van der Waals surface area contributed by atoms with Crippen LogP contribution in [-0.2, 0) is 0 Å². The molecule has 0 radical (unpaired) electrons. The van der Waals surface area contributed by atoms with Crippen LogP contribution in [0.25, 0.3) is 0 Å². The molecule has 0 saturated heterocycles. The minimum atomic E-state index is -0.401. The Balaban J connectivity index is 1.58. The molecule has 0 unspecified atom stereocenters. The highest BCUT2D eigenvalue weighted by Gasteiger charge is 2.61. The van der Waals surface area contributed by atoms with Gasteiger partial charge in [-0.2, -0.15) is 0 Å². The van der Waals surface area contributed by atoms with Gasteiger partial charge in [0, 0.05) is 0 Å². The summed E-state index contributed by atoms with van der Waals surface area (Å²) in [6.07, 6.45) is 11.8. The maximum absolute atomic E-state index is 11.2. The molecule has 0 amide bonds. The lowest BCUT2D eigenvalue weighted by molar-refractivity contribution is -0.134. The lowest BCUT2D eigenvalue weighted by Crippen LogP contribution is -2.53. The average molecular weight is 306 g/mol. The van der Waals surface area contributed by atoms with Crippen LogP contribution in [0.15, 0.2) is 0 Å². The molecule has 0 bridgehead atoms. The summed E-state index contributed by atoms with van der Waals surface area (Å²) in [5.74, 6) is 4.17. The van der Waals surface area contributed by atoms with Crippen molar-refractivity contribution in [1.29, 1.82) is 0 Å². The molecule has 4 fully saturated rings. The topological polar surface area (TPSA) is 40.5 Å². The predicted molar refractivity (Wildman–Crippen MR) is 88.4 cm³/mol. The van der Waals surface area contributed by atoms with Gasteiger partial charge in [-0.1, -0.05) is 13.8 Å². The Morgan fingerprint density at radius 1 is 0.909 bits per heavy atom. The average Bonchev–Trinajstić information content (AvgIpc) is 2.79. The molecule has 2 nitrogen and oxygen atoms in total. The number of hydrogen-bond acceptors (Lipinski definition) is 2. The van der Waals surface area contributed by atoms with Crippen LogP contribution >= 0.6 is 0 Å². The van der Waals surface area contributed by atoms with Crippen LogP contribution in [-0.4, -0.2) is 21.9 Å². The molecular formula is C20H34O2. The Kier molecular flexibility index (Phi) is 3.66. The summed E-state index contributed by atoms with van der Waals surface area (Å²) < 4.78 is 0. The van der Waals surface area contributed by atoms with Gasteiger partial charge in [0.1, 0.15) is 0 Å². The molecule has 2 N–H and O–H groups in total. The summed E-state index contributed by atoms with van der Waals surface area (Å²) in [6, 6.07) is 0. The van der Waals surface area contributed by atoms with Crippen molar-refractivity contribution in [2.75, 3.05) is 0 Å². The SMILES string of the molecule is CC[C@]1(O)CC[C@@H]2[C@@H]3CC[C@H]4C[C@@H](O)CC[C@@H]4[C@@H]3CC[C@@]21C. The molecule has 4 saturated carbocycles. The van der Waals surface area contributed by atoms with E-state index < -0.39 is 5.60 Å². The minimum Gasteiger partial charge on any atom is -0.393 e. The summed E-state index contributed by atoms with van der Waals surface area (Å²) in [5, 5.41) is 21.2. The van der Waals surface area contributed by atoms with Gasteiger partial charge in [-0.05, 0) is 99.2 Å². The van der Waals surface area contributed by atoms with Crippen molar-refractivity contribution >= 4 is 0 Å². The summed E-state index contributed by atoms with van der Waals surface area (Å²) >= 11 is 0. The Hall–Kier alpha value is -0.0800. The predicted octanol–water partition coefficient (Wildman–Crippen LogP) is 4.14. The van der Waals surface area contributed by atoms with Crippen LogP contribution in [0.3, 0.4) is 0 Å². The van der Waals surface area contributed by atoms with Crippen molar-refractivity contribution in [2.24, 2.45) is 35.0 Å². The number of hydrogen-bond donors (Lipinski definition) is 2. The molecule has 2 heteroatoms. The molecule has 22 heavy (non-hydrogen) atoms. The molecule has 0 aromatic carbocycles. The van der Waals surface area contributed by atoms with Crippen LogP contribution in [0, 0.1) is 35.0 Å². The van der Waals surface area contributed by atoms with Gasteiger partial charge in [0.05, 0.1) is 11.7 Å². The molecule has 0 heterocycles. The highest BCUT2D eigenvalue weighted by atomic mass is 16.3. The summed E-state index contributed by atoms with van der Waals surface area (Å²) in [7, 11) is 0. The standard InChI is InChI=1S/C20H34O2/c1-3-20(22)11-9-18-17-6-4-13-12-14(21)5-7-15(13)16(17)8-10-19(18,20)2/h13-18,21-22H,3-12H2,1-2H3/t13-,14-,15-,16-,17+,18+,19-,20-/m0/s1. The van der Waals surface area contributed by atoms with Gasteiger partial charge in [0.25, 0.3) is 0 Å². The van der Waals surface area contributed by atoms with E-state index in [2.05, 4.69) is 13.8 Å². The highest BCUT2D eigenvalue weighted by Crippen LogP contribution is 2.65. The first kappa shape index (κ1) is 15.4. The zero-order valence-corrected chi connectivity index (χ0v) is 14.4. The van der Waals surface area contributed by atoms with Gasteiger partial charge in [-0.3, -0.25) is 0 Å². The first-order chi connectivity index (χ1) is 10.5. The van der Waals surface area contributed by atoms with E-state index in [0.29, 0.717) is 0 Å². The van der Waals surface area contributed by atoms with Crippen LogP contribution in [0.4, 0.5) is 0 Å². The lowest BCUT2D eigenvalue weighted by atomic mass is 9.49. The van der Waals surface area contributed by atoms with E-state index in [1.807, 2.05) is 0 Å². The van der Waals surface area contributed by atoms with Gasteiger partial charge in [0.15, 0.2) is 0 Å². The third-order valence-electron chi connectivity index (χ3n) is 8.83. The Morgan fingerprint density at radius 2 is 1.68 bits per heavy atom. The normalized spacial score (nSPS) is 57.8. The number of fused-ring (bicyclic) bond motifs is 5. The fraction of sp³-hybridized carbons (Fsp3) is 1.00. The summed E-state index contributed by atoms with van der Waals surface area (Å²) in [5.41, 5.74) is -0.230. The Morgan fingerprint density at radius 3 is 2.45 bits per heavy atom. The zero-order valence-electron chi connectivity index (χ0n) is 14.4. The molecule has 0 aliphatic heterocycles. The van der Waals surface area contributed by atoms with E-state index in [0.717, 1.165) is 55.3 Å². The monoisotopic (exact) mass is 306 g/mol. The maximum Gasteiger partial charge on any atom is 0.0701 e. The van der Waals surface area contributed by atoms with Gasteiger partial charge >= 0.3 is 0 Å². The van der Waals surface area contributed by atoms with Gasteiger partial charge < -0.3 is 10.2 Å². The number of aliphatic hydroxyl groups is 2. The second kappa shape index (κ2) is 5.21. The van der Waals surface area contributed by atoms with Crippen LogP contribution < -0.4 is 0 Å². The van der Waals surface area contributed by atoms with Crippen molar-refractivity contribution in [1.82, 2.24) is 0 Å². The molecule has 0 aromatic rings. The molecule has 8 atom stereocenters. The van der Waals surface area contributed by atoms with Crippen LogP contribution in [0.1, 0.15) is 78.1 Å². The second-order valence-electron chi connectivity index (χ2n) is 9.28. The molecule has 0 aromatic heterocycles. The van der Waals surface area contributed by atoms with E-state index in [-0.39, 0.29) is 11.5 Å². The van der Waals surface area contributed by atoms with E-state index in [1.165, 1.54) is 38.5 Å². The Labute approximate surface area is 135 Å². The van der Waals surface area contributed by atoms with E-state index >= 15 is 0 Å². The maximum atomic E-state index is 11.2. The van der Waals surface area contributed by atoms with E-state index in [4.69, 9.17) is 0 Å². The second-order valence-corrected chi connectivity index (χ2v) is 9.28. The minimum absolute atomic E-state index is 0.0247. The van der Waals surface area contributed by atoms with Crippen molar-refractivity contribution < 1.29 is 10.2 Å². The van der Waals surface area contributed by atoms with Crippen LogP contribution in [0.2, 0.25) is 0 Å². The lowest BCUT2D eigenvalue weighted by Gasteiger charge is -2.57. The van der Waals surface area contributed by atoms with Gasteiger partial charge in [-0.15, -0.1) is 0 Å². The molecule has 126 valence electrons. The summed E-state index contributed by atoms with van der Waals surface area (Å²) in [4.78, 5) is 0. The fourth-order valence-corrected chi connectivity index (χ4v) is 7.52. The number of aliphatic hydroxyl groups excluding tert-OH is 1. The van der Waals surface area contributed by atoms with Crippen molar-refractivity contribution in [3.05, 3.63) is 0 Å². The van der Waals surface area contributed by atoms with Gasteiger partial charge in [-0.25, -0.2) is 0 Å². The summed E-state index contributed by atoms with van der Waals surface area (Å²) in [6.45, 7) is 4.58. The molecule has 4 rings (SSSR count). The van der Waals surface area contributed by atoms with Crippen molar-refractivity contribution in [3.8, 4) is 0 Å². The molecule has 4 aliphatic rings. The quantitative estimate of drug-likeness (QED) is 0.764. The first-order valence-corrected chi connectivity index (χ1v) is 9.89. The fourth-order valence-electron chi connectivity index (χ4n) is 7.52. The van der Waals surface area contributed by atoms with E-state index in [9.17, 15) is 10.2 Å². The molecule has 4 aliphatic carbocycles. The van der Waals surface area contributed by atoms with Gasteiger partial charge in [0.2, 0.25) is 0 Å². The Bertz CT molecular complexity index is 435. The van der Waals surface area contributed by atoms with Crippen LogP contribution in [0.5, 0.6) is 0 Å². The molecule has 0 spiro atoms. The smallest absolute Gasteiger partial charge is 0.0701 e.